The molecule has 0 aromatic carbocycles. The summed E-state index contributed by atoms with van der Waals surface area (Å²) in [4.78, 5) is 4.73. The molecule has 0 radical (unpaired) electrons. The van der Waals surface area contributed by atoms with Crippen LogP contribution in [0, 0.1) is 6.92 Å². The Balaban J connectivity index is 2.34. The first-order valence-electron chi connectivity index (χ1n) is 7.52. The summed E-state index contributed by atoms with van der Waals surface area (Å²) in [5, 5.41) is 7.90. The second-order valence-corrected chi connectivity index (χ2v) is 6.98. The van der Waals surface area contributed by atoms with Crippen molar-refractivity contribution in [2.75, 3.05) is 0 Å². The maximum absolute atomic E-state index is 4.73. The number of hydrogen-bond donors (Lipinski definition) is 1. The molecule has 0 aliphatic carbocycles. The van der Waals surface area contributed by atoms with Crippen LogP contribution in [-0.2, 0) is 6.54 Å². The molecule has 0 amide bonds. The lowest BCUT2D eigenvalue weighted by Crippen LogP contribution is -2.35. The van der Waals surface area contributed by atoms with E-state index in [1.165, 1.54) is 5.56 Å². The third-order valence-electron chi connectivity index (χ3n) is 3.25. The molecule has 4 nitrogen and oxygen atoms in total. The smallest absolute Gasteiger partial charge is 0.153 e. The number of rotatable bonds is 4. The molecule has 2 heterocycles. The summed E-state index contributed by atoms with van der Waals surface area (Å²) in [5.74, 6) is 1.29. The number of aromatic nitrogens is 3. The lowest BCUT2D eigenvalue weighted by atomic mass is 10.1. The van der Waals surface area contributed by atoms with Gasteiger partial charge in [-0.15, -0.1) is 0 Å². The highest BCUT2D eigenvalue weighted by molar-refractivity contribution is 5.32. The van der Waals surface area contributed by atoms with Gasteiger partial charge in [0.15, 0.2) is 5.82 Å². The summed E-state index contributed by atoms with van der Waals surface area (Å²) >= 11 is 0. The van der Waals surface area contributed by atoms with Crippen LogP contribution < -0.4 is 5.32 Å². The molecular formula is C17H26N4. The molecule has 4 heteroatoms. The van der Waals surface area contributed by atoms with Gasteiger partial charge >= 0.3 is 0 Å². The molecule has 0 saturated carbocycles. The van der Waals surface area contributed by atoms with Crippen molar-refractivity contribution in [3.8, 4) is 5.82 Å². The fraction of sp³-hybridized carbons (Fsp3) is 0.529. The lowest BCUT2D eigenvalue weighted by Gasteiger charge is -2.21. The van der Waals surface area contributed by atoms with Crippen LogP contribution >= 0.6 is 0 Å². The predicted molar refractivity (Wildman–Crippen MR) is 86.8 cm³/mol. The van der Waals surface area contributed by atoms with E-state index < -0.39 is 0 Å². The fourth-order valence-corrected chi connectivity index (χ4v) is 2.01. The number of nitrogens with one attached hydrogen (secondary N) is 1. The first-order valence-corrected chi connectivity index (χ1v) is 7.52. The minimum Gasteiger partial charge on any atom is -0.308 e. The van der Waals surface area contributed by atoms with Gasteiger partial charge in [0, 0.05) is 24.0 Å². The Morgan fingerprint density at radius 3 is 2.48 bits per heavy atom. The van der Waals surface area contributed by atoms with Gasteiger partial charge in [-0.3, -0.25) is 0 Å². The van der Waals surface area contributed by atoms with E-state index in [4.69, 9.17) is 4.98 Å². The van der Waals surface area contributed by atoms with Crippen molar-refractivity contribution in [1.82, 2.24) is 20.1 Å². The molecule has 0 saturated heterocycles. The third kappa shape index (κ3) is 4.39. The molecule has 0 aliphatic rings. The summed E-state index contributed by atoms with van der Waals surface area (Å²) in [7, 11) is 0. The highest BCUT2D eigenvalue weighted by atomic mass is 15.3. The van der Waals surface area contributed by atoms with E-state index in [1.807, 2.05) is 24.0 Å². The largest absolute Gasteiger partial charge is 0.308 e. The number of nitrogens with zero attached hydrogens (tertiary/aromatic N) is 3. The zero-order valence-corrected chi connectivity index (χ0v) is 13.9. The van der Waals surface area contributed by atoms with E-state index >= 15 is 0 Å². The van der Waals surface area contributed by atoms with Gasteiger partial charge in [-0.1, -0.05) is 13.8 Å². The topological polar surface area (TPSA) is 42.7 Å². The fourth-order valence-electron chi connectivity index (χ4n) is 2.01. The van der Waals surface area contributed by atoms with Gasteiger partial charge in [-0.2, -0.15) is 5.10 Å². The maximum atomic E-state index is 4.73. The van der Waals surface area contributed by atoms with Crippen LogP contribution in [-0.4, -0.2) is 20.3 Å². The van der Waals surface area contributed by atoms with E-state index in [2.05, 4.69) is 57.2 Å². The first kappa shape index (κ1) is 15.7. The molecule has 1 N–H and O–H groups in total. The Hall–Kier alpha value is -1.68. The van der Waals surface area contributed by atoms with E-state index in [0.717, 1.165) is 23.6 Å². The van der Waals surface area contributed by atoms with Gasteiger partial charge < -0.3 is 5.32 Å². The molecule has 0 fully saturated rings. The molecule has 21 heavy (non-hydrogen) atoms. The number of pyridine rings is 1. The summed E-state index contributed by atoms with van der Waals surface area (Å²) in [6, 6.07) is 4.29. The van der Waals surface area contributed by atoms with Gasteiger partial charge in [-0.25, -0.2) is 9.67 Å². The van der Waals surface area contributed by atoms with Gasteiger partial charge in [0.2, 0.25) is 0 Å². The van der Waals surface area contributed by atoms with Crippen LogP contribution in [0.1, 0.15) is 57.4 Å². The zero-order valence-electron chi connectivity index (χ0n) is 13.9. The molecule has 0 unspecified atom stereocenters. The minimum atomic E-state index is 0.101. The molecule has 2 aromatic heterocycles. The number of aryl methyl sites for hydroxylation is 1. The standard InChI is InChI=1S/C17H26N4/c1-12(2)15-7-14(10-18-17(4,5)6)8-16(20-15)21-11-13(3)9-19-21/h7-9,11-12,18H,10H2,1-6H3. The molecule has 2 aromatic rings. The van der Waals surface area contributed by atoms with Gasteiger partial charge in [0.25, 0.3) is 0 Å². The summed E-state index contributed by atoms with van der Waals surface area (Å²) in [6.07, 6.45) is 3.87. The SMILES string of the molecule is Cc1cnn(-c2cc(CNC(C)(C)C)cc(C(C)C)n2)c1. The normalized spacial score (nSPS) is 12.1. The van der Waals surface area contributed by atoms with Crippen LogP contribution in [0.2, 0.25) is 0 Å². The highest BCUT2D eigenvalue weighted by Gasteiger charge is 2.12. The zero-order chi connectivity index (χ0) is 15.6. The maximum Gasteiger partial charge on any atom is 0.153 e. The Kier molecular flexibility index (Phi) is 4.47. The average molecular weight is 286 g/mol. The van der Waals surface area contributed by atoms with Crippen LogP contribution in [0.25, 0.3) is 5.82 Å². The average Bonchev–Trinajstić information content (AvgIpc) is 2.82. The lowest BCUT2D eigenvalue weighted by molar-refractivity contribution is 0.424. The summed E-state index contributed by atoms with van der Waals surface area (Å²) in [6.45, 7) is 13.7. The monoisotopic (exact) mass is 286 g/mol. The van der Waals surface area contributed by atoms with Gasteiger partial charge in [0.1, 0.15) is 0 Å². The minimum absolute atomic E-state index is 0.101. The Labute approximate surface area is 127 Å². The molecule has 0 aliphatic heterocycles. The molecule has 2 rings (SSSR count). The molecule has 114 valence electrons. The van der Waals surface area contributed by atoms with Crippen LogP contribution in [0.3, 0.4) is 0 Å². The van der Waals surface area contributed by atoms with E-state index in [1.54, 1.807) is 0 Å². The predicted octanol–water partition coefficient (Wildman–Crippen LogP) is 3.59. The van der Waals surface area contributed by atoms with Gasteiger partial charge in [0.05, 0.1) is 6.20 Å². The van der Waals surface area contributed by atoms with Crippen molar-refractivity contribution in [3.05, 3.63) is 41.3 Å². The quantitative estimate of drug-likeness (QED) is 0.934. The van der Waals surface area contributed by atoms with Gasteiger partial charge in [-0.05, 0) is 56.9 Å². The second kappa shape index (κ2) is 5.98. The highest BCUT2D eigenvalue weighted by Crippen LogP contribution is 2.18. The Morgan fingerprint density at radius 1 is 1.24 bits per heavy atom. The van der Waals surface area contributed by atoms with Crippen molar-refractivity contribution < 1.29 is 0 Å². The van der Waals surface area contributed by atoms with Crippen LogP contribution in [0.5, 0.6) is 0 Å². The molecule has 0 spiro atoms. The molecular weight excluding hydrogens is 260 g/mol. The first-order chi connectivity index (χ1) is 9.74. The van der Waals surface area contributed by atoms with Crippen molar-refractivity contribution >= 4 is 0 Å². The summed E-state index contributed by atoms with van der Waals surface area (Å²) < 4.78 is 1.85. The van der Waals surface area contributed by atoms with Crippen molar-refractivity contribution in [2.45, 2.75) is 59.5 Å². The number of hydrogen-bond acceptors (Lipinski definition) is 3. The van der Waals surface area contributed by atoms with Crippen LogP contribution in [0.15, 0.2) is 24.5 Å². The van der Waals surface area contributed by atoms with Crippen molar-refractivity contribution in [2.24, 2.45) is 0 Å². The molecule has 0 atom stereocenters. The second-order valence-electron chi connectivity index (χ2n) is 6.98. The van der Waals surface area contributed by atoms with E-state index in [9.17, 15) is 0 Å². The van der Waals surface area contributed by atoms with E-state index in [0.29, 0.717) is 5.92 Å². The summed E-state index contributed by atoms with van der Waals surface area (Å²) in [5.41, 5.74) is 3.59. The Bertz CT molecular complexity index is 605. The van der Waals surface area contributed by atoms with Crippen molar-refractivity contribution in [3.63, 3.8) is 0 Å². The third-order valence-corrected chi connectivity index (χ3v) is 3.25. The van der Waals surface area contributed by atoms with E-state index in [-0.39, 0.29) is 5.54 Å². The molecule has 0 bridgehead atoms. The van der Waals surface area contributed by atoms with Crippen LogP contribution in [0.4, 0.5) is 0 Å². The van der Waals surface area contributed by atoms with Crippen molar-refractivity contribution in [1.29, 1.82) is 0 Å². The Morgan fingerprint density at radius 2 is 1.95 bits per heavy atom.